The van der Waals surface area contributed by atoms with Gasteiger partial charge in [0.2, 0.25) is 5.78 Å². The summed E-state index contributed by atoms with van der Waals surface area (Å²) in [6.45, 7) is 0. The first-order chi connectivity index (χ1) is 6.84. The van der Waals surface area contributed by atoms with E-state index < -0.39 is 0 Å². The molecule has 70 valence electrons. The first kappa shape index (κ1) is 7.74. The molecule has 3 heteroatoms. The van der Waals surface area contributed by atoms with Crippen LogP contribution in [0.25, 0.3) is 11.0 Å². The predicted octanol–water partition coefficient (Wildman–Crippen LogP) is 2.16. The van der Waals surface area contributed by atoms with Gasteiger partial charge in [-0.2, -0.15) is 0 Å². The van der Waals surface area contributed by atoms with Crippen molar-refractivity contribution < 1.29 is 4.79 Å². The third kappa shape index (κ3) is 1.13. The number of para-hydroxylation sites is 2. The minimum Gasteiger partial charge on any atom is -0.335 e. The van der Waals surface area contributed by atoms with Gasteiger partial charge in [-0.1, -0.05) is 12.1 Å². The number of fused-ring (bicyclic) bond motifs is 1. The molecule has 2 aromatic rings. The second-order valence-corrected chi connectivity index (χ2v) is 3.74. The van der Waals surface area contributed by atoms with Crippen LogP contribution in [-0.2, 0) is 0 Å². The highest BCUT2D eigenvalue weighted by Gasteiger charge is 2.32. The molecule has 0 radical (unpaired) electrons. The van der Waals surface area contributed by atoms with Crippen LogP contribution in [-0.4, -0.2) is 15.8 Å². The third-order valence-electron chi connectivity index (χ3n) is 2.57. The molecule has 0 aliphatic heterocycles. The molecule has 1 N–H and O–H groups in total. The lowest BCUT2D eigenvalue weighted by Crippen LogP contribution is -2.03. The first-order valence-electron chi connectivity index (χ1n) is 4.83. The van der Waals surface area contributed by atoms with Crippen molar-refractivity contribution in [2.45, 2.75) is 12.8 Å². The van der Waals surface area contributed by atoms with E-state index in [2.05, 4.69) is 9.97 Å². The molecule has 1 fully saturated rings. The quantitative estimate of drug-likeness (QED) is 0.730. The van der Waals surface area contributed by atoms with Crippen molar-refractivity contribution in [3.05, 3.63) is 30.1 Å². The monoisotopic (exact) mass is 186 g/mol. The number of hydrogen-bond donors (Lipinski definition) is 1. The zero-order chi connectivity index (χ0) is 9.54. The Bertz CT molecular complexity index is 464. The van der Waals surface area contributed by atoms with Crippen LogP contribution in [0.3, 0.4) is 0 Å². The topological polar surface area (TPSA) is 45.8 Å². The number of rotatable bonds is 2. The molecule has 0 amide bonds. The Labute approximate surface area is 81.2 Å². The standard InChI is InChI=1S/C11H10N2O/c14-10(7-5-6-7)11-12-8-3-1-2-4-9(8)13-11/h1-4,7H,5-6H2,(H,12,13). The molecule has 3 rings (SSSR count). The number of ketones is 1. The summed E-state index contributed by atoms with van der Waals surface area (Å²) < 4.78 is 0. The molecule has 14 heavy (non-hydrogen) atoms. The smallest absolute Gasteiger partial charge is 0.201 e. The molecule has 1 aliphatic rings. The summed E-state index contributed by atoms with van der Waals surface area (Å²) in [4.78, 5) is 19.0. The summed E-state index contributed by atoms with van der Waals surface area (Å²) in [7, 11) is 0. The van der Waals surface area contributed by atoms with E-state index in [1.54, 1.807) is 0 Å². The number of nitrogens with one attached hydrogen (secondary N) is 1. The first-order valence-corrected chi connectivity index (χ1v) is 4.83. The van der Waals surface area contributed by atoms with Crippen molar-refractivity contribution >= 4 is 16.8 Å². The Morgan fingerprint density at radius 3 is 2.86 bits per heavy atom. The average Bonchev–Trinajstić information content (AvgIpc) is 2.95. The number of imidazole rings is 1. The fraction of sp³-hybridized carbons (Fsp3) is 0.273. The summed E-state index contributed by atoms with van der Waals surface area (Å²) >= 11 is 0. The van der Waals surface area contributed by atoms with Crippen molar-refractivity contribution in [3.8, 4) is 0 Å². The van der Waals surface area contributed by atoms with E-state index in [1.165, 1.54) is 0 Å². The molecule has 3 nitrogen and oxygen atoms in total. The molecular weight excluding hydrogens is 176 g/mol. The maximum Gasteiger partial charge on any atom is 0.201 e. The second-order valence-electron chi connectivity index (χ2n) is 3.74. The fourth-order valence-corrected chi connectivity index (χ4v) is 1.61. The third-order valence-corrected chi connectivity index (χ3v) is 2.57. The fourth-order valence-electron chi connectivity index (χ4n) is 1.61. The molecule has 1 aromatic carbocycles. The highest BCUT2D eigenvalue weighted by atomic mass is 16.1. The molecule has 0 atom stereocenters. The molecule has 0 unspecified atom stereocenters. The molecule has 0 bridgehead atoms. The van der Waals surface area contributed by atoms with Gasteiger partial charge in [-0.15, -0.1) is 0 Å². The molecule has 1 saturated carbocycles. The number of carbonyl (C=O) groups excluding carboxylic acids is 1. The maximum atomic E-state index is 11.7. The van der Waals surface area contributed by atoms with Gasteiger partial charge < -0.3 is 4.98 Å². The number of aromatic nitrogens is 2. The van der Waals surface area contributed by atoms with E-state index in [9.17, 15) is 4.79 Å². The van der Waals surface area contributed by atoms with Crippen LogP contribution in [0.15, 0.2) is 24.3 Å². The Morgan fingerprint density at radius 1 is 1.36 bits per heavy atom. The van der Waals surface area contributed by atoms with Gasteiger partial charge in [0, 0.05) is 5.92 Å². The highest BCUT2D eigenvalue weighted by Crippen LogP contribution is 2.32. The summed E-state index contributed by atoms with van der Waals surface area (Å²) in [6.07, 6.45) is 2.05. The van der Waals surface area contributed by atoms with Crippen LogP contribution < -0.4 is 0 Å². The van der Waals surface area contributed by atoms with E-state index in [1.807, 2.05) is 24.3 Å². The van der Waals surface area contributed by atoms with Crippen LogP contribution in [0.5, 0.6) is 0 Å². The zero-order valence-electron chi connectivity index (χ0n) is 7.66. The minimum atomic E-state index is 0.168. The largest absolute Gasteiger partial charge is 0.335 e. The Balaban J connectivity index is 2.09. The van der Waals surface area contributed by atoms with E-state index in [4.69, 9.17) is 0 Å². The number of Topliss-reactive ketones (excluding diaryl/α,β-unsaturated/α-hetero) is 1. The number of benzene rings is 1. The average molecular weight is 186 g/mol. The summed E-state index contributed by atoms with van der Waals surface area (Å²) in [5.41, 5.74) is 1.81. The van der Waals surface area contributed by atoms with Crippen LogP contribution in [0.1, 0.15) is 23.5 Å². The van der Waals surface area contributed by atoms with Crippen molar-refractivity contribution in [2.75, 3.05) is 0 Å². The van der Waals surface area contributed by atoms with Crippen molar-refractivity contribution in [3.63, 3.8) is 0 Å². The van der Waals surface area contributed by atoms with Crippen LogP contribution in [0.2, 0.25) is 0 Å². The van der Waals surface area contributed by atoms with Gasteiger partial charge in [-0.3, -0.25) is 4.79 Å². The molecule has 1 aliphatic carbocycles. The molecule has 0 spiro atoms. The molecule has 1 heterocycles. The lowest BCUT2D eigenvalue weighted by molar-refractivity contribution is 0.0959. The molecule has 0 saturated heterocycles. The summed E-state index contributed by atoms with van der Waals surface area (Å²) in [5, 5.41) is 0. The van der Waals surface area contributed by atoms with Gasteiger partial charge in [0.05, 0.1) is 11.0 Å². The number of aromatic amines is 1. The Hall–Kier alpha value is -1.64. The summed E-state index contributed by atoms with van der Waals surface area (Å²) in [6, 6.07) is 7.71. The molecule has 1 aromatic heterocycles. The zero-order valence-corrected chi connectivity index (χ0v) is 7.66. The lowest BCUT2D eigenvalue weighted by Gasteiger charge is -1.89. The minimum absolute atomic E-state index is 0.168. The van der Waals surface area contributed by atoms with Gasteiger partial charge in [-0.05, 0) is 25.0 Å². The SMILES string of the molecule is O=C(c1nc2ccccc2[nH]1)C1CC1. The maximum absolute atomic E-state index is 11.7. The van der Waals surface area contributed by atoms with Crippen LogP contribution in [0, 0.1) is 5.92 Å². The van der Waals surface area contributed by atoms with Crippen LogP contribution >= 0.6 is 0 Å². The normalized spacial score (nSPS) is 16.0. The Kier molecular flexibility index (Phi) is 1.48. The van der Waals surface area contributed by atoms with Crippen molar-refractivity contribution in [1.82, 2.24) is 9.97 Å². The number of carbonyl (C=O) groups is 1. The predicted molar refractivity (Wildman–Crippen MR) is 53.1 cm³/mol. The van der Waals surface area contributed by atoms with Gasteiger partial charge in [0.1, 0.15) is 0 Å². The Morgan fingerprint density at radius 2 is 2.14 bits per heavy atom. The van der Waals surface area contributed by atoms with E-state index in [-0.39, 0.29) is 11.7 Å². The molecular formula is C11H10N2O. The summed E-state index contributed by atoms with van der Waals surface area (Å²) in [5.74, 6) is 0.922. The van der Waals surface area contributed by atoms with Gasteiger partial charge in [0.25, 0.3) is 0 Å². The highest BCUT2D eigenvalue weighted by molar-refractivity contribution is 5.98. The number of nitrogens with zero attached hydrogens (tertiary/aromatic N) is 1. The van der Waals surface area contributed by atoms with Gasteiger partial charge in [-0.25, -0.2) is 4.98 Å². The number of hydrogen-bond acceptors (Lipinski definition) is 2. The van der Waals surface area contributed by atoms with Gasteiger partial charge in [0.15, 0.2) is 5.82 Å². The van der Waals surface area contributed by atoms with Crippen molar-refractivity contribution in [2.24, 2.45) is 5.92 Å². The van der Waals surface area contributed by atoms with E-state index >= 15 is 0 Å². The second kappa shape index (κ2) is 2.67. The number of H-pyrrole nitrogens is 1. The van der Waals surface area contributed by atoms with E-state index in [0.717, 1.165) is 23.9 Å². The van der Waals surface area contributed by atoms with E-state index in [0.29, 0.717) is 5.82 Å². The van der Waals surface area contributed by atoms with Crippen LogP contribution in [0.4, 0.5) is 0 Å². The van der Waals surface area contributed by atoms with Gasteiger partial charge >= 0.3 is 0 Å². The van der Waals surface area contributed by atoms with Crippen molar-refractivity contribution in [1.29, 1.82) is 0 Å². The lowest BCUT2D eigenvalue weighted by atomic mass is 10.2.